The molecule has 2 heterocycles. The van der Waals surface area contributed by atoms with Gasteiger partial charge in [0.05, 0.1) is 5.69 Å². The van der Waals surface area contributed by atoms with Gasteiger partial charge in [-0.1, -0.05) is 12.1 Å². The Labute approximate surface area is 127 Å². The number of nitrogen functional groups attached to an aromatic ring is 1. The lowest BCUT2D eigenvalue weighted by Gasteiger charge is -2.32. The van der Waals surface area contributed by atoms with Crippen molar-refractivity contribution in [1.82, 2.24) is 4.90 Å². The van der Waals surface area contributed by atoms with Crippen LogP contribution in [0.3, 0.4) is 0 Å². The number of amides is 1. The largest absolute Gasteiger partial charge is 0.397 e. The minimum absolute atomic E-state index is 0.0918. The van der Waals surface area contributed by atoms with E-state index in [1.807, 2.05) is 28.8 Å². The molecule has 1 aliphatic rings. The van der Waals surface area contributed by atoms with Crippen LogP contribution in [0.2, 0.25) is 0 Å². The lowest BCUT2D eigenvalue weighted by molar-refractivity contribution is 0.0722. The van der Waals surface area contributed by atoms with Crippen LogP contribution in [-0.4, -0.2) is 34.9 Å². The summed E-state index contributed by atoms with van der Waals surface area (Å²) in [6.07, 6.45) is 0. The predicted octanol–water partition coefficient (Wildman–Crippen LogP) is 3.37. The molecule has 1 saturated heterocycles. The van der Waals surface area contributed by atoms with Crippen molar-refractivity contribution in [3.05, 3.63) is 28.6 Å². The fraction of sp³-hybridized carbons (Fsp3) is 0.400. The number of nitrogens with two attached hydrogens (primary N) is 1. The van der Waals surface area contributed by atoms with Crippen LogP contribution in [0.15, 0.2) is 18.2 Å². The van der Waals surface area contributed by atoms with Crippen molar-refractivity contribution in [2.24, 2.45) is 0 Å². The third-order valence-corrected chi connectivity index (χ3v) is 6.05. The van der Waals surface area contributed by atoms with Gasteiger partial charge >= 0.3 is 0 Å². The van der Waals surface area contributed by atoms with Crippen molar-refractivity contribution in [2.45, 2.75) is 19.9 Å². The molecule has 0 saturated carbocycles. The van der Waals surface area contributed by atoms with E-state index in [0.717, 1.165) is 28.1 Å². The second-order valence-corrected chi connectivity index (χ2v) is 7.47. The van der Waals surface area contributed by atoms with Crippen molar-refractivity contribution in [1.29, 1.82) is 0 Å². The topological polar surface area (TPSA) is 46.3 Å². The monoisotopic (exact) mass is 306 g/mol. The Kier molecular flexibility index (Phi) is 3.65. The first kappa shape index (κ1) is 13.8. The number of carbonyl (C=O) groups is 1. The number of thiophene rings is 1. The SMILES string of the molecule is Cc1ccc2c(N)c(C(=O)N3CCSCC3C)sc2c1. The summed E-state index contributed by atoms with van der Waals surface area (Å²) in [5.74, 6) is 2.12. The van der Waals surface area contributed by atoms with Gasteiger partial charge < -0.3 is 10.6 Å². The summed E-state index contributed by atoms with van der Waals surface area (Å²) >= 11 is 3.43. The number of hydrogen-bond donors (Lipinski definition) is 1. The van der Waals surface area contributed by atoms with Gasteiger partial charge in [-0.05, 0) is 25.5 Å². The van der Waals surface area contributed by atoms with Gasteiger partial charge in [0.2, 0.25) is 0 Å². The highest BCUT2D eigenvalue weighted by atomic mass is 32.2. The van der Waals surface area contributed by atoms with E-state index in [1.54, 1.807) is 0 Å². The fourth-order valence-electron chi connectivity index (χ4n) is 2.54. The van der Waals surface area contributed by atoms with Crippen molar-refractivity contribution in [2.75, 3.05) is 23.8 Å². The van der Waals surface area contributed by atoms with E-state index in [0.29, 0.717) is 10.6 Å². The normalized spacial score (nSPS) is 19.5. The van der Waals surface area contributed by atoms with Crippen molar-refractivity contribution >= 4 is 44.8 Å². The van der Waals surface area contributed by atoms with E-state index in [2.05, 4.69) is 19.9 Å². The zero-order valence-electron chi connectivity index (χ0n) is 11.7. The number of anilines is 1. The molecule has 1 fully saturated rings. The van der Waals surface area contributed by atoms with Crippen molar-refractivity contribution < 1.29 is 4.79 Å². The highest BCUT2D eigenvalue weighted by Gasteiger charge is 2.27. The van der Waals surface area contributed by atoms with Gasteiger partial charge in [0.1, 0.15) is 4.88 Å². The smallest absolute Gasteiger partial charge is 0.266 e. The van der Waals surface area contributed by atoms with Crippen LogP contribution in [0.1, 0.15) is 22.2 Å². The maximum absolute atomic E-state index is 12.7. The minimum Gasteiger partial charge on any atom is -0.397 e. The number of carbonyl (C=O) groups excluding carboxylic acids is 1. The van der Waals surface area contributed by atoms with Gasteiger partial charge in [-0.2, -0.15) is 11.8 Å². The van der Waals surface area contributed by atoms with E-state index < -0.39 is 0 Å². The van der Waals surface area contributed by atoms with Gasteiger partial charge in [0, 0.05) is 34.2 Å². The maximum atomic E-state index is 12.7. The zero-order valence-corrected chi connectivity index (χ0v) is 13.3. The van der Waals surface area contributed by atoms with Crippen molar-refractivity contribution in [3.8, 4) is 0 Å². The fourth-order valence-corrected chi connectivity index (χ4v) is 4.73. The zero-order chi connectivity index (χ0) is 14.3. The Morgan fingerprint density at radius 3 is 3.00 bits per heavy atom. The van der Waals surface area contributed by atoms with E-state index in [9.17, 15) is 4.79 Å². The molecule has 2 N–H and O–H groups in total. The summed E-state index contributed by atoms with van der Waals surface area (Å²) in [5.41, 5.74) is 8.03. The van der Waals surface area contributed by atoms with Crippen LogP contribution in [-0.2, 0) is 0 Å². The number of nitrogens with zero attached hydrogens (tertiary/aromatic N) is 1. The molecule has 3 nitrogen and oxygen atoms in total. The number of aryl methyl sites for hydroxylation is 1. The summed E-state index contributed by atoms with van der Waals surface area (Å²) in [6, 6.07) is 6.44. The molecule has 1 aliphatic heterocycles. The summed E-state index contributed by atoms with van der Waals surface area (Å²) in [5, 5.41) is 1.00. The molecule has 0 spiro atoms. The third-order valence-electron chi connectivity index (χ3n) is 3.71. The van der Waals surface area contributed by atoms with E-state index in [-0.39, 0.29) is 11.9 Å². The summed E-state index contributed by atoms with van der Waals surface area (Å²) < 4.78 is 1.10. The molecule has 1 aromatic carbocycles. The molecule has 106 valence electrons. The molecule has 1 atom stereocenters. The Morgan fingerprint density at radius 1 is 1.45 bits per heavy atom. The highest BCUT2D eigenvalue weighted by molar-refractivity contribution is 7.99. The second kappa shape index (κ2) is 5.30. The van der Waals surface area contributed by atoms with Crippen LogP contribution in [0.4, 0.5) is 5.69 Å². The van der Waals surface area contributed by atoms with Gasteiger partial charge in [0.15, 0.2) is 0 Å². The number of benzene rings is 1. The molecule has 0 radical (unpaired) electrons. The van der Waals surface area contributed by atoms with Gasteiger partial charge in [-0.3, -0.25) is 4.79 Å². The second-order valence-electron chi connectivity index (χ2n) is 5.27. The first-order valence-electron chi connectivity index (χ1n) is 6.75. The molecule has 0 bridgehead atoms. The predicted molar refractivity (Wildman–Crippen MR) is 88.8 cm³/mol. The Bertz CT molecular complexity index is 665. The lowest BCUT2D eigenvalue weighted by Crippen LogP contribution is -2.44. The van der Waals surface area contributed by atoms with Crippen LogP contribution in [0, 0.1) is 6.92 Å². The summed E-state index contributed by atoms with van der Waals surface area (Å²) in [6.45, 7) is 4.98. The molecule has 2 aromatic rings. The van der Waals surface area contributed by atoms with Gasteiger partial charge in [0.25, 0.3) is 5.91 Å². The molecule has 5 heteroatoms. The molecular formula is C15H18N2OS2. The van der Waals surface area contributed by atoms with E-state index in [4.69, 9.17) is 5.73 Å². The van der Waals surface area contributed by atoms with Gasteiger partial charge in [-0.25, -0.2) is 0 Å². The molecule has 20 heavy (non-hydrogen) atoms. The van der Waals surface area contributed by atoms with Crippen LogP contribution in [0.5, 0.6) is 0 Å². The summed E-state index contributed by atoms with van der Waals surface area (Å²) in [4.78, 5) is 15.4. The Balaban J connectivity index is 2.01. The minimum atomic E-state index is 0.0918. The van der Waals surface area contributed by atoms with Crippen LogP contribution < -0.4 is 5.73 Å². The molecule has 1 amide bonds. The average molecular weight is 306 g/mol. The molecule has 1 unspecified atom stereocenters. The standard InChI is InChI=1S/C15H18N2OS2/c1-9-3-4-11-12(7-9)20-14(13(11)16)15(18)17-5-6-19-8-10(17)2/h3-4,7,10H,5-6,8,16H2,1-2H3. The summed E-state index contributed by atoms with van der Waals surface area (Å²) in [7, 11) is 0. The molecule has 0 aliphatic carbocycles. The highest BCUT2D eigenvalue weighted by Crippen LogP contribution is 2.35. The molecular weight excluding hydrogens is 288 g/mol. The average Bonchev–Trinajstić information content (AvgIpc) is 2.75. The lowest BCUT2D eigenvalue weighted by atomic mass is 10.1. The quantitative estimate of drug-likeness (QED) is 0.878. The Hall–Kier alpha value is -1.20. The first-order chi connectivity index (χ1) is 9.58. The van der Waals surface area contributed by atoms with Crippen molar-refractivity contribution in [3.63, 3.8) is 0 Å². The molecule has 3 rings (SSSR count). The number of hydrogen-bond acceptors (Lipinski definition) is 4. The number of rotatable bonds is 1. The van der Waals surface area contributed by atoms with Crippen LogP contribution >= 0.6 is 23.1 Å². The van der Waals surface area contributed by atoms with Crippen LogP contribution in [0.25, 0.3) is 10.1 Å². The van der Waals surface area contributed by atoms with E-state index in [1.165, 1.54) is 16.9 Å². The number of thioether (sulfide) groups is 1. The first-order valence-corrected chi connectivity index (χ1v) is 8.72. The third kappa shape index (κ3) is 2.29. The Morgan fingerprint density at radius 2 is 2.25 bits per heavy atom. The maximum Gasteiger partial charge on any atom is 0.266 e. The number of fused-ring (bicyclic) bond motifs is 1. The van der Waals surface area contributed by atoms with E-state index >= 15 is 0 Å². The molecule has 1 aromatic heterocycles. The van der Waals surface area contributed by atoms with Gasteiger partial charge in [-0.15, -0.1) is 11.3 Å².